The van der Waals surface area contributed by atoms with Crippen molar-refractivity contribution in [2.45, 2.75) is 30.5 Å². The summed E-state index contributed by atoms with van der Waals surface area (Å²) in [6.45, 7) is -0.475. The minimum absolute atomic E-state index is 0.209. The minimum Gasteiger partial charge on any atom is -0.478 e. The maximum atomic E-state index is 12.8. The summed E-state index contributed by atoms with van der Waals surface area (Å²) in [5.74, 6) is -2.62. The Kier molecular flexibility index (Phi) is 6.81. The third-order valence-corrected chi connectivity index (χ3v) is 4.46. The predicted octanol–water partition coefficient (Wildman–Crippen LogP) is -0.685. The molecule has 15 heteroatoms. The monoisotopic (exact) mass is 458 g/mol. The first kappa shape index (κ1) is 23.2. The molecule has 0 radical (unpaired) electrons. The molecule has 0 saturated carbocycles. The summed E-state index contributed by atoms with van der Waals surface area (Å²) >= 11 is 0. The maximum Gasteiger partial charge on any atom is 0.434 e. The number of carboxylic acid groups (broad SMARTS) is 1. The quantitative estimate of drug-likeness (QED) is 0.370. The van der Waals surface area contributed by atoms with Crippen molar-refractivity contribution in [2.24, 2.45) is 0 Å². The molecule has 1 aliphatic rings. The van der Waals surface area contributed by atoms with Gasteiger partial charge in [0.05, 0.1) is 30.6 Å². The number of halogens is 3. The van der Waals surface area contributed by atoms with Crippen LogP contribution in [0.1, 0.15) is 26.7 Å². The topological polar surface area (TPSA) is 180 Å². The number of alkyl halides is 3. The molecule has 0 spiro atoms. The van der Waals surface area contributed by atoms with Gasteiger partial charge in [-0.1, -0.05) is 0 Å². The number of hydrogen-bond donors (Lipinski definition) is 5. The van der Waals surface area contributed by atoms with E-state index >= 15 is 0 Å². The third kappa shape index (κ3) is 5.43. The summed E-state index contributed by atoms with van der Waals surface area (Å²) in [6, 6.07) is -0.998. The lowest BCUT2D eigenvalue weighted by atomic mass is 9.98. The third-order valence-electron chi connectivity index (χ3n) is 4.46. The van der Waals surface area contributed by atoms with E-state index in [1.165, 1.54) is 0 Å². The molecule has 2 aromatic heterocycles. The van der Waals surface area contributed by atoms with E-state index in [0.717, 1.165) is 18.6 Å². The van der Waals surface area contributed by atoms with Crippen molar-refractivity contribution in [3.05, 3.63) is 41.9 Å². The van der Waals surface area contributed by atoms with Crippen molar-refractivity contribution < 1.29 is 42.8 Å². The Bertz CT molecular complexity index is 976. The average molecular weight is 458 g/mol. The van der Waals surface area contributed by atoms with Crippen LogP contribution >= 0.6 is 0 Å². The number of ether oxygens (including phenoxy) is 1. The molecule has 1 saturated heterocycles. The summed E-state index contributed by atoms with van der Waals surface area (Å²) in [7, 11) is 0. The molecular weight excluding hydrogens is 441 g/mol. The van der Waals surface area contributed by atoms with Gasteiger partial charge in [0, 0.05) is 18.9 Å². The molecule has 5 N–H and O–H groups in total. The number of aromatic nitrogens is 4. The molecule has 3 rings (SSSR count). The SMILES string of the molecule is O=C(O)c1cnc(C(=O)NC[C@H]2OC[C@H](Nc3cncc(C(F)(F)F)n3)[C@@H](O)[C@H]2O)nc1. The molecule has 0 bridgehead atoms. The van der Waals surface area contributed by atoms with Crippen LogP contribution in [0.5, 0.6) is 0 Å². The number of amides is 1. The normalized spacial score (nSPS) is 23.4. The van der Waals surface area contributed by atoms with Gasteiger partial charge < -0.3 is 30.7 Å². The predicted molar refractivity (Wildman–Crippen MR) is 97.5 cm³/mol. The van der Waals surface area contributed by atoms with Crippen LogP contribution in [0, 0.1) is 0 Å². The van der Waals surface area contributed by atoms with Gasteiger partial charge in [0.15, 0.2) is 5.69 Å². The summed E-state index contributed by atoms with van der Waals surface area (Å²) in [5, 5.41) is 34.3. The molecule has 0 aliphatic carbocycles. The first-order valence-corrected chi connectivity index (χ1v) is 9.03. The molecule has 4 atom stereocenters. The zero-order valence-corrected chi connectivity index (χ0v) is 16.0. The van der Waals surface area contributed by atoms with Gasteiger partial charge in [-0.05, 0) is 0 Å². The Morgan fingerprint density at radius 3 is 2.44 bits per heavy atom. The van der Waals surface area contributed by atoms with Crippen LogP contribution in [0.2, 0.25) is 0 Å². The van der Waals surface area contributed by atoms with E-state index in [9.17, 15) is 33.0 Å². The number of nitrogens with one attached hydrogen (secondary N) is 2. The summed E-state index contributed by atoms with van der Waals surface area (Å²) in [5.41, 5.74) is -1.44. The van der Waals surface area contributed by atoms with Gasteiger partial charge in [-0.2, -0.15) is 13.2 Å². The van der Waals surface area contributed by atoms with Crippen molar-refractivity contribution in [3.63, 3.8) is 0 Å². The summed E-state index contributed by atoms with van der Waals surface area (Å²) in [6.07, 6.45) is -5.24. The Morgan fingerprint density at radius 1 is 1.12 bits per heavy atom. The maximum absolute atomic E-state index is 12.8. The van der Waals surface area contributed by atoms with E-state index in [-0.39, 0.29) is 30.4 Å². The lowest BCUT2D eigenvalue weighted by molar-refractivity contribution is -0.141. The zero-order valence-electron chi connectivity index (χ0n) is 16.0. The fourth-order valence-electron chi connectivity index (χ4n) is 2.78. The van der Waals surface area contributed by atoms with Crippen LogP contribution in [0.3, 0.4) is 0 Å². The first-order chi connectivity index (χ1) is 15.1. The van der Waals surface area contributed by atoms with Gasteiger partial charge in [-0.3, -0.25) is 9.78 Å². The van der Waals surface area contributed by atoms with E-state index in [1.807, 2.05) is 0 Å². The van der Waals surface area contributed by atoms with Crippen molar-refractivity contribution in [3.8, 4) is 0 Å². The van der Waals surface area contributed by atoms with E-state index < -0.39 is 48.1 Å². The number of carbonyl (C=O) groups excluding carboxylic acids is 1. The Labute approximate surface area is 177 Å². The molecule has 172 valence electrons. The molecule has 0 unspecified atom stereocenters. The lowest BCUT2D eigenvalue weighted by Crippen LogP contribution is -2.58. The van der Waals surface area contributed by atoms with E-state index in [4.69, 9.17) is 9.84 Å². The number of anilines is 1. The van der Waals surface area contributed by atoms with E-state index in [1.54, 1.807) is 0 Å². The largest absolute Gasteiger partial charge is 0.478 e. The Balaban J connectivity index is 1.55. The van der Waals surface area contributed by atoms with Gasteiger partial charge >= 0.3 is 12.1 Å². The molecular formula is C17H17F3N6O6. The van der Waals surface area contributed by atoms with Crippen molar-refractivity contribution in [1.29, 1.82) is 0 Å². The molecule has 2 aromatic rings. The number of hydrogen-bond acceptors (Lipinski definition) is 10. The lowest BCUT2D eigenvalue weighted by Gasteiger charge is -2.38. The molecule has 0 aromatic carbocycles. The molecule has 1 amide bonds. The Morgan fingerprint density at radius 2 is 1.81 bits per heavy atom. The van der Waals surface area contributed by atoms with Crippen molar-refractivity contribution in [2.75, 3.05) is 18.5 Å². The fourth-order valence-corrected chi connectivity index (χ4v) is 2.78. The zero-order chi connectivity index (χ0) is 23.5. The number of aromatic carboxylic acids is 1. The van der Waals surface area contributed by atoms with Crippen LogP contribution in [0.25, 0.3) is 0 Å². The van der Waals surface area contributed by atoms with E-state index in [2.05, 4.69) is 30.6 Å². The smallest absolute Gasteiger partial charge is 0.434 e. The fraction of sp³-hybridized carbons (Fsp3) is 0.412. The highest BCUT2D eigenvalue weighted by atomic mass is 19.4. The van der Waals surface area contributed by atoms with Crippen LogP contribution in [0.15, 0.2) is 24.8 Å². The molecule has 32 heavy (non-hydrogen) atoms. The van der Waals surface area contributed by atoms with Crippen molar-refractivity contribution in [1.82, 2.24) is 25.3 Å². The summed E-state index contributed by atoms with van der Waals surface area (Å²) < 4.78 is 43.7. The van der Waals surface area contributed by atoms with Gasteiger partial charge in [0.1, 0.15) is 24.1 Å². The van der Waals surface area contributed by atoms with Crippen LogP contribution < -0.4 is 10.6 Å². The highest BCUT2D eigenvalue weighted by Gasteiger charge is 2.39. The summed E-state index contributed by atoms with van der Waals surface area (Å²) in [4.78, 5) is 36.9. The molecule has 1 aliphatic heterocycles. The van der Waals surface area contributed by atoms with Crippen LogP contribution in [-0.2, 0) is 10.9 Å². The molecule has 12 nitrogen and oxygen atoms in total. The molecule has 3 heterocycles. The highest BCUT2D eigenvalue weighted by Crippen LogP contribution is 2.28. The van der Waals surface area contributed by atoms with Crippen molar-refractivity contribution >= 4 is 17.7 Å². The first-order valence-electron chi connectivity index (χ1n) is 9.03. The van der Waals surface area contributed by atoms with E-state index in [0.29, 0.717) is 6.20 Å². The molecule has 1 fully saturated rings. The second-order valence-corrected chi connectivity index (χ2v) is 6.70. The second kappa shape index (κ2) is 9.37. The second-order valence-electron chi connectivity index (χ2n) is 6.70. The minimum atomic E-state index is -4.70. The van der Waals surface area contributed by atoms with Gasteiger partial charge in [-0.15, -0.1) is 0 Å². The number of carbonyl (C=O) groups is 2. The number of aliphatic hydroxyl groups excluding tert-OH is 2. The number of rotatable bonds is 6. The van der Waals surface area contributed by atoms with Crippen LogP contribution in [-0.4, -0.2) is 84.6 Å². The number of aliphatic hydroxyl groups is 2. The Hall–Kier alpha value is -3.43. The standard InChI is InChI=1S/C17H17F3N6O6/c18-17(19,20)10-4-21-5-11(26-10)25-8-6-32-9(13(28)12(8)27)3-24-15(29)14-22-1-7(2-23-14)16(30)31/h1-2,4-5,8-9,12-13,27-28H,3,6H2,(H,24,29)(H,25,26)(H,30,31)/t8-,9+,12+,13-/m0/s1. The number of nitrogens with zero attached hydrogens (tertiary/aromatic N) is 4. The number of carboxylic acids is 1. The van der Waals surface area contributed by atoms with Crippen LogP contribution in [0.4, 0.5) is 19.0 Å². The average Bonchev–Trinajstić information content (AvgIpc) is 2.76. The van der Waals surface area contributed by atoms with Gasteiger partial charge in [0.25, 0.3) is 5.91 Å². The van der Waals surface area contributed by atoms with Gasteiger partial charge in [-0.25, -0.2) is 19.7 Å². The van der Waals surface area contributed by atoms with Gasteiger partial charge in [0.2, 0.25) is 5.82 Å². The highest BCUT2D eigenvalue weighted by molar-refractivity contribution is 5.91.